The molecule has 0 radical (unpaired) electrons. The standard InChI is InChI=1S/C29H27ClN4O3/c1-4-6-14-37-26-13-12-20(16-25(26)30)27-21(18-34(32-27)22-10-8-7-9-11-22)15-23-19(3)24(17-31)29(36)33(5-2)28(23)35/h7-13,15-16,18H,4-6,14H2,1-3H3/b23-15+. The van der Waals surface area contributed by atoms with Crippen LogP contribution in [0.5, 0.6) is 5.75 Å². The summed E-state index contributed by atoms with van der Waals surface area (Å²) in [7, 11) is 0. The summed E-state index contributed by atoms with van der Waals surface area (Å²) in [5.74, 6) is -0.423. The molecule has 2 heterocycles. The first-order chi connectivity index (χ1) is 17.9. The smallest absolute Gasteiger partial charge is 0.271 e. The number of aromatic nitrogens is 2. The molecule has 0 saturated heterocycles. The maximum atomic E-state index is 13.2. The Morgan fingerprint density at radius 2 is 1.86 bits per heavy atom. The second-order valence-electron chi connectivity index (χ2n) is 8.58. The molecule has 2 amide bonds. The van der Waals surface area contributed by atoms with Gasteiger partial charge >= 0.3 is 0 Å². The normalized spacial score (nSPS) is 14.9. The molecular formula is C29H27ClN4O3. The number of hydrogen-bond acceptors (Lipinski definition) is 5. The molecule has 1 aromatic heterocycles. The fourth-order valence-electron chi connectivity index (χ4n) is 4.09. The van der Waals surface area contributed by atoms with E-state index in [0.717, 1.165) is 29.0 Å². The SMILES string of the molecule is CCCCOc1ccc(-c2nn(-c3ccccc3)cc2/C=C2/C(=O)N(CC)C(=O)C(C#N)=C2C)cc1Cl. The van der Waals surface area contributed by atoms with Gasteiger partial charge in [0.15, 0.2) is 0 Å². The van der Waals surface area contributed by atoms with Crippen molar-refractivity contribution < 1.29 is 14.3 Å². The number of benzene rings is 2. The largest absolute Gasteiger partial charge is 0.492 e. The Balaban J connectivity index is 1.86. The van der Waals surface area contributed by atoms with Gasteiger partial charge in [-0.25, -0.2) is 4.68 Å². The molecule has 37 heavy (non-hydrogen) atoms. The van der Waals surface area contributed by atoms with Crippen LogP contribution in [0.3, 0.4) is 0 Å². The Kier molecular flexibility index (Phi) is 7.90. The number of nitrogens with zero attached hydrogens (tertiary/aromatic N) is 4. The predicted octanol–water partition coefficient (Wildman–Crippen LogP) is 5.98. The van der Waals surface area contributed by atoms with Crippen molar-refractivity contribution in [1.29, 1.82) is 5.26 Å². The second-order valence-corrected chi connectivity index (χ2v) is 8.99. The highest BCUT2D eigenvalue weighted by Crippen LogP contribution is 2.34. The fraction of sp³-hybridized carbons (Fsp3) is 0.241. The number of rotatable bonds is 8. The maximum absolute atomic E-state index is 13.2. The van der Waals surface area contributed by atoms with Crippen molar-refractivity contribution in [2.45, 2.75) is 33.6 Å². The fourth-order valence-corrected chi connectivity index (χ4v) is 4.33. The minimum absolute atomic E-state index is 0.0404. The lowest BCUT2D eigenvalue weighted by Gasteiger charge is -2.26. The first-order valence-corrected chi connectivity index (χ1v) is 12.5. The summed E-state index contributed by atoms with van der Waals surface area (Å²) in [6.07, 6.45) is 5.45. The van der Waals surface area contributed by atoms with Gasteiger partial charge in [-0.1, -0.05) is 43.1 Å². The van der Waals surface area contributed by atoms with Gasteiger partial charge in [0.1, 0.15) is 23.1 Å². The van der Waals surface area contributed by atoms with Gasteiger partial charge in [-0.3, -0.25) is 14.5 Å². The highest BCUT2D eigenvalue weighted by molar-refractivity contribution is 6.32. The van der Waals surface area contributed by atoms with E-state index in [0.29, 0.717) is 34.2 Å². The summed E-state index contributed by atoms with van der Waals surface area (Å²) in [6, 6.07) is 17.0. The molecule has 2 aromatic carbocycles. The number of halogens is 1. The summed E-state index contributed by atoms with van der Waals surface area (Å²) >= 11 is 6.55. The van der Waals surface area contributed by atoms with E-state index in [1.807, 2.05) is 54.7 Å². The Morgan fingerprint density at radius 1 is 1.11 bits per heavy atom. The summed E-state index contributed by atoms with van der Waals surface area (Å²) in [6.45, 7) is 6.16. The molecule has 1 aliphatic rings. The number of para-hydroxylation sites is 1. The van der Waals surface area contributed by atoms with Crippen molar-refractivity contribution in [3.63, 3.8) is 0 Å². The number of likely N-dealkylation sites (N-methyl/N-ethyl adjacent to an activating group) is 1. The number of imide groups is 1. The van der Waals surface area contributed by atoms with E-state index >= 15 is 0 Å². The molecule has 188 valence electrons. The Morgan fingerprint density at radius 3 is 2.51 bits per heavy atom. The molecule has 0 bridgehead atoms. The van der Waals surface area contributed by atoms with Crippen molar-refractivity contribution in [2.75, 3.05) is 13.2 Å². The third-order valence-corrected chi connectivity index (χ3v) is 6.46. The third-order valence-electron chi connectivity index (χ3n) is 6.17. The topological polar surface area (TPSA) is 88.2 Å². The monoisotopic (exact) mass is 514 g/mol. The van der Waals surface area contributed by atoms with Crippen molar-refractivity contribution in [2.24, 2.45) is 0 Å². The van der Waals surface area contributed by atoms with E-state index in [4.69, 9.17) is 21.4 Å². The van der Waals surface area contributed by atoms with Gasteiger partial charge in [-0.15, -0.1) is 0 Å². The number of hydrogen-bond donors (Lipinski definition) is 0. The predicted molar refractivity (Wildman–Crippen MR) is 143 cm³/mol. The van der Waals surface area contributed by atoms with Crippen molar-refractivity contribution >= 4 is 29.5 Å². The van der Waals surface area contributed by atoms with Crippen LogP contribution in [0.25, 0.3) is 23.0 Å². The lowest BCUT2D eigenvalue weighted by Crippen LogP contribution is -2.42. The Labute approximate surface area is 221 Å². The first-order valence-electron chi connectivity index (χ1n) is 12.2. The molecule has 7 nitrogen and oxygen atoms in total. The molecule has 0 saturated carbocycles. The van der Waals surface area contributed by atoms with Gasteiger partial charge in [0.05, 0.1) is 17.3 Å². The van der Waals surface area contributed by atoms with Crippen LogP contribution in [-0.2, 0) is 9.59 Å². The average molecular weight is 515 g/mol. The lowest BCUT2D eigenvalue weighted by molar-refractivity contribution is -0.140. The molecule has 0 fully saturated rings. The molecular weight excluding hydrogens is 488 g/mol. The van der Waals surface area contributed by atoms with Crippen molar-refractivity contribution in [1.82, 2.24) is 14.7 Å². The molecule has 3 aromatic rings. The van der Waals surface area contributed by atoms with Gasteiger partial charge in [0.25, 0.3) is 11.8 Å². The minimum atomic E-state index is -0.574. The zero-order valence-electron chi connectivity index (χ0n) is 21.0. The molecule has 0 spiro atoms. The average Bonchev–Trinajstić information content (AvgIpc) is 3.33. The molecule has 8 heteroatoms. The third kappa shape index (κ3) is 5.20. The van der Waals surface area contributed by atoms with Crippen LogP contribution in [0, 0.1) is 11.3 Å². The highest BCUT2D eigenvalue weighted by atomic mass is 35.5. The van der Waals surface area contributed by atoms with Crippen molar-refractivity contribution in [3.8, 4) is 28.8 Å². The van der Waals surface area contributed by atoms with Crippen LogP contribution in [0.15, 0.2) is 71.4 Å². The number of ether oxygens (including phenoxy) is 1. The minimum Gasteiger partial charge on any atom is -0.492 e. The summed E-state index contributed by atoms with van der Waals surface area (Å²) in [4.78, 5) is 26.9. The van der Waals surface area contributed by atoms with E-state index in [9.17, 15) is 14.9 Å². The maximum Gasteiger partial charge on any atom is 0.271 e. The Bertz CT molecular complexity index is 1450. The number of nitriles is 1. The molecule has 0 aliphatic carbocycles. The molecule has 0 unspecified atom stereocenters. The lowest BCUT2D eigenvalue weighted by atomic mass is 9.93. The summed E-state index contributed by atoms with van der Waals surface area (Å²) < 4.78 is 7.52. The van der Waals surface area contributed by atoms with E-state index in [1.54, 1.807) is 30.7 Å². The van der Waals surface area contributed by atoms with Gasteiger partial charge in [0.2, 0.25) is 0 Å². The van der Waals surface area contributed by atoms with Crippen LogP contribution >= 0.6 is 11.6 Å². The second kappa shape index (κ2) is 11.3. The zero-order valence-corrected chi connectivity index (χ0v) is 21.7. The van der Waals surface area contributed by atoms with Gasteiger partial charge in [-0.2, -0.15) is 10.4 Å². The van der Waals surface area contributed by atoms with Crippen LogP contribution in [0.2, 0.25) is 5.02 Å². The van der Waals surface area contributed by atoms with Gasteiger partial charge < -0.3 is 4.74 Å². The van der Waals surface area contributed by atoms with Crippen LogP contribution in [0.4, 0.5) is 0 Å². The Hall–Kier alpha value is -4.15. The quantitative estimate of drug-likeness (QED) is 0.209. The van der Waals surface area contributed by atoms with Crippen LogP contribution in [0.1, 0.15) is 39.2 Å². The number of carbonyl (C=O) groups is 2. The molecule has 0 N–H and O–H groups in total. The number of carbonyl (C=O) groups excluding carboxylic acids is 2. The van der Waals surface area contributed by atoms with Crippen LogP contribution in [-0.4, -0.2) is 39.6 Å². The first kappa shape index (κ1) is 25.9. The van der Waals surface area contributed by atoms with E-state index in [-0.39, 0.29) is 17.7 Å². The van der Waals surface area contributed by atoms with Crippen molar-refractivity contribution in [3.05, 3.63) is 82.0 Å². The highest BCUT2D eigenvalue weighted by Gasteiger charge is 2.34. The van der Waals surface area contributed by atoms with Gasteiger partial charge in [-0.05, 0) is 62.2 Å². The van der Waals surface area contributed by atoms with E-state index < -0.39 is 11.8 Å². The molecule has 1 aliphatic heterocycles. The van der Waals surface area contributed by atoms with Crippen LogP contribution < -0.4 is 4.74 Å². The zero-order chi connectivity index (χ0) is 26.5. The molecule has 4 rings (SSSR count). The summed E-state index contributed by atoms with van der Waals surface area (Å²) in [5.41, 5.74) is 3.40. The number of unbranched alkanes of at least 4 members (excludes halogenated alkanes) is 1. The number of amides is 2. The summed E-state index contributed by atoms with van der Waals surface area (Å²) in [5, 5.41) is 14.9. The van der Waals surface area contributed by atoms with Gasteiger partial charge in [0, 0.05) is 29.4 Å². The van der Waals surface area contributed by atoms with E-state index in [2.05, 4.69) is 6.92 Å². The molecule has 0 atom stereocenters. The van der Waals surface area contributed by atoms with E-state index in [1.165, 1.54) is 0 Å².